The van der Waals surface area contributed by atoms with Gasteiger partial charge in [-0.05, 0) is 31.8 Å². The molecule has 0 saturated carbocycles. The molecule has 1 aliphatic carbocycles. The molecule has 19 heavy (non-hydrogen) atoms. The zero-order valence-corrected chi connectivity index (χ0v) is 11.8. The first-order valence-electron chi connectivity index (χ1n) is 7.62. The molecule has 0 heterocycles. The van der Waals surface area contributed by atoms with Gasteiger partial charge in [-0.25, -0.2) is 0 Å². The van der Waals surface area contributed by atoms with Crippen LogP contribution in [0.4, 0.5) is 0 Å². The summed E-state index contributed by atoms with van der Waals surface area (Å²) in [4.78, 5) is 21.4. The maximum Gasteiger partial charge on any atom is 0.303 e. The number of carboxylic acid groups (broad SMARTS) is 1. The lowest BCUT2D eigenvalue weighted by molar-refractivity contribution is -0.137. The number of rotatable bonds is 11. The first kappa shape index (κ1) is 15.9. The number of carbonyl (C=O) groups excluding carboxylic acids is 1. The molecule has 0 aromatic heterocycles. The highest BCUT2D eigenvalue weighted by Gasteiger charge is 2.10. The number of unbranched alkanes of at least 4 members (excludes halogenated alkanes) is 7. The van der Waals surface area contributed by atoms with Gasteiger partial charge in [0.1, 0.15) is 0 Å². The molecule has 0 bridgehead atoms. The van der Waals surface area contributed by atoms with Gasteiger partial charge in [0.2, 0.25) is 0 Å². The minimum absolute atomic E-state index is 0.302. The predicted octanol–water partition coefficient (Wildman–Crippen LogP) is 4.26. The van der Waals surface area contributed by atoms with Crippen molar-refractivity contribution in [1.82, 2.24) is 0 Å². The highest BCUT2D eigenvalue weighted by atomic mass is 16.4. The van der Waals surface area contributed by atoms with E-state index < -0.39 is 5.97 Å². The molecule has 0 aromatic carbocycles. The Hall–Kier alpha value is -1.12. The van der Waals surface area contributed by atoms with Gasteiger partial charge in [-0.2, -0.15) is 0 Å². The van der Waals surface area contributed by atoms with Gasteiger partial charge in [-0.3, -0.25) is 9.59 Å². The fourth-order valence-electron chi connectivity index (χ4n) is 2.54. The van der Waals surface area contributed by atoms with Crippen molar-refractivity contribution in [1.29, 1.82) is 0 Å². The molecule has 1 rings (SSSR count). The van der Waals surface area contributed by atoms with Gasteiger partial charge >= 0.3 is 5.97 Å². The second-order valence-corrected chi connectivity index (χ2v) is 5.49. The van der Waals surface area contributed by atoms with E-state index in [4.69, 9.17) is 5.11 Å². The lowest BCUT2D eigenvalue weighted by atomic mass is 10.0. The van der Waals surface area contributed by atoms with E-state index >= 15 is 0 Å². The monoisotopic (exact) mass is 266 g/mol. The molecular weight excluding hydrogens is 240 g/mol. The van der Waals surface area contributed by atoms with Crippen LogP contribution in [-0.2, 0) is 9.59 Å². The Bertz CT molecular complexity index is 318. The Morgan fingerprint density at radius 3 is 2.05 bits per heavy atom. The van der Waals surface area contributed by atoms with E-state index in [1.807, 2.05) is 6.08 Å². The lowest BCUT2D eigenvalue weighted by Crippen LogP contribution is -1.93. The average molecular weight is 266 g/mol. The van der Waals surface area contributed by atoms with Crippen LogP contribution in [-0.4, -0.2) is 16.9 Å². The van der Waals surface area contributed by atoms with E-state index in [2.05, 4.69) is 0 Å². The summed E-state index contributed by atoms with van der Waals surface area (Å²) in [5.74, 6) is -0.379. The molecule has 1 aliphatic rings. The largest absolute Gasteiger partial charge is 0.481 e. The van der Waals surface area contributed by atoms with Crippen molar-refractivity contribution in [3.63, 3.8) is 0 Å². The van der Waals surface area contributed by atoms with Crippen molar-refractivity contribution in [3.8, 4) is 0 Å². The van der Waals surface area contributed by atoms with Gasteiger partial charge in [0.05, 0.1) is 0 Å². The van der Waals surface area contributed by atoms with E-state index in [1.54, 1.807) is 0 Å². The van der Waals surface area contributed by atoms with Crippen LogP contribution in [0.5, 0.6) is 0 Å². The molecule has 0 radical (unpaired) electrons. The lowest BCUT2D eigenvalue weighted by Gasteiger charge is -2.02. The number of hydrogen-bond acceptors (Lipinski definition) is 2. The van der Waals surface area contributed by atoms with Crippen LogP contribution in [0.1, 0.15) is 77.0 Å². The van der Waals surface area contributed by atoms with Crippen LogP contribution in [0, 0.1) is 0 Å². The predicted molar refractivity (Wildman–Crippen MR) is 76.1 cm³/mol. The molecule has 0 unspecified atom stereocenters. The summed E-state index contributed by atoms with van der Waals surface area (Å²) in [7, 11) is 0. The summed E-state index contributed by atoms with van der Waals surface area (Å²) in [5, 5.41) is 8.49. The second-order valence-electron chi connectivity index (χ2n) is 5.49. The highest BCUT2D eigenvalue weighted by molar-refractivity contribution is 5.92. The molecule has 3 nitrogen and oxygen atoms in total. The van der Waals surface area contributed by atoms with Crippen LogP contribution in [0.3, 0.4) is 0 Å². The van der Waals surface area contributed by atoms with Crippen molar-refractivity contribution in [2.75, 3.05) is 0 Å². The molecule has 1 N–H and O–H groups in total. The van der Waals surface area contributed by atoms with E-state index in [-0.39, 0.29) is 0 Å². The third-order valence-corrected chi connectivity index (χ3v) is 3.70. The Balaban J connectivity index is 1.80. The minimum atomic E-state index is -0.681. The fraction of sp³-hybridized carbons (Fsp3) is 0.750. The van der Waals surface area contributed by atoms with Gasteiger partial charge in [0.25, 0.3) is 0 Å². The third kappa shape index (κ3) is 8.57. The Morgan fingerprint density at radius 1 is 0.947 bits per heavy atom. The summed E-state index contributed by atoms with van der Waals surface area (Å²) in [6, 6.07) is 0. The van der Waals surface area contributed by atoms with Crippen molar-refractivity contribution in [2.24, 2.45) is 0 Å². The number of aliphatic carboxylic acids is 1. The van der Waals surface area contributed by atoms with Crippen molar-refractivity contribution < 1.29 is 14.7 Å². The summed E-state index contributed by atoms with van der Waals surface area (Å²) < 4.78 is 0. The highest BCUT2D eigenvalue weighted by Crippen LogP contribution is 2.21. The maximum absolute atomic E-state index is 11.0. The molecule has 108 valence electrons. The summed E-state index contributed by atoms with van der Waals surface area (Å²) in [5.41, 5.74) is 1.35. The molecule has 0 saturated heterocycles. The van der Waals surface area contributed by atoms with E-state index in [0.29, 0.717) is 12.2 Å². The molecule has 3 heteroatoms. The molecule has 0 fully saturated rings. The quantitative estimate of drug-likeness (QED) is 0.568. The van der Waals surface area contributed by atoms with Gasteiger partial charge < -0.3 is 5.11 Å². The van der Waals surface area contributed by atoms with Crippen LogP contribution >= 0.6 is 0 Å². The first-order chi connectivity index (χ1) is 9.18. The summed E-state index contributed by atoms with van der Waals surface area (Å²) in [6.07, 6.45) is 14.2. The summed E-state index contributed by atoms with van der Waals surface area (Å²) >= 11 is 0. The van der Waals surface area contributed by atoms with Gasteiger partial charge in [0.15, 0.2) is 5.78 Å². The average Bonchev–Trinajstić information content (AvgIpc) is 2.77. The van der Waals surface area contributed by atoms with E-state index in [1.165, 1.54) is 37.7 Å². The molecule has 0 aromatic rings. The Morgan fingerprint density at radius 2 is 1.53 bits per heavy atom. The number of carbonyl (C=O) groups is 2. The Kier molecular flexibility index (Phi) is 8.19. The molecular formula is C16H26O3. The van der Waals surface area contributed by atoms with Gasteiger partial charge in [0, 0.05) is 12.8 Å². The molecule has 0 amide bonds. The number of allylic oxidation sites excluding steroid dienone is 2. The van der Waals surface area contributed by atoms with Gasteiger partial charge in [-0.1, -0.05) is 44.1 Å². The van der Waals surface area contributed by atoms with Gasteiger partial charge in [-0.15, -0.1) is 0 Å². The maximum atomic E-state index is 11.0. The number of hydrogen-bond donors (Lipinski definition) is 1. The van der Waals surface area contributed by atoms with E-state index in [0.717, 1.165) is 38.5 Å². The Labute approximate surface area is 116 Å². The first-order valence-corrected chi connectivity index (χ1v) is 7.62. The van der Waals surface area contributed by atoms with Crippen LogP contribution in [0.25, 0.3) is 0 Å². The number of ketones is 1. The standard InChI is InChI=1S/C16H26O3/c17-15-12-11-14(13-15)9-7-5-3-1-2-4-6-8-10-16(18)19/h13H,1-12H2,(H,18,19). The second kappa shape index (κ2) is 9.76. The van der Waals surface area contributed by atoms with Crippen LogP contribution < -0.4 is 0 Å². The molecule has 0 spiro atoms. The fourth-order valence-corrected chi connectivity index (χ4v) is 2.54. The zero-order chi connectivity index (χ0) is 13.9. The number of carboxylic acids is 1. The zero-order valence-electron chi connectivity index (χ0n) is 11.8. The van der Waals surface area contributed by atoms with E-state index in [9.17, 15) is 9.59 Å². The topological polar surface area (TPSA) is 54.4 Å². The summed E-state index contributed by atoms with van der Waals surface area (Å²) in [6.45, 7) is 0. The normalized spacial score (nSPS) is 14.7. The third-order valence-electron chi connectivity index (χ3n) is 3.70. The SMILES string of the molecule is O=C(O)CCCCCCCCCCC1=CC(=O)CC1. The minimum Gasteiger partial charge on any atom is -0.481 e. The van der Waals surface area contributed by atoms with Crippen LogP contribution in [0.15, 0.2) is 11.6 Å². The smallest absolute Gasteiger partial charge is 0.303 e. The van der Waals surface area contributed by atoms with Crippen LogP contribution in [0.2, 0.25) is 0 Å². The molecule has 0 atom stereocenters. The van der Waals surface area contributed by atoms with Crippen molar-refractivity contribution >= 4 is 11.8 Å². The van der Waals surface area contributed by atoms with Crippen molar-refractivity contribution in [3.05, 3.63) is 11.6 Å². The molecule has 0 aliphatic heterocycles. The van der Waals surface area contributed by atoms with Crippen molar-refractivity contribution in [2.45, 2.75) is 77.0 Å².